The van der Waals surface area contributed by atoms with Crippen molar-refractivity contribution in [1.29, 1.82) is 0 Å². The summed E-state index contributed by atoms with van der Waals surface area (Å²) in [6.45, 7) is 6.41. The minimum absolute atomic E-state index is 0.576. The van der Waals surface area contributed by atoms with E-state index in [-0.39, 0.29) is 0 Å². The lowest BCUT2D eigenvalue weighted by molar-refractivity contribution is 0.0501. The largest absolute Gasteiger partial charge is 0.379 e. The van der Waals surface area contributed by atoms with Gasteiger partial charge in [-0.05, 0) is 52.1 Å². The standard InChI is InChI=1S/C16H31N3O/c1-12-10-13(6-8-19(12)2)18-15-5-3-4-14(15)16-11-20-9-7-17-16/h12-18H,3-11H2,1-2H3. The Hall–Kier alpha value is -0.160. The van der Waals surface area contributed by atoms with E-state index in [4.69, 9.17) is 4.74 Å². The van der Waals surface area contributed by atoms with E-state index in [0.717, 1.165) is 37.8 Å². The van der Waals surface area contributed by atoms with Gasteiger partial charge in [0.2, 0.25) is 0 Å². The summed E-state index contributed by atoms with van der Waals surface area (Å²) in [6.07, 6.45) is 6.69. The molecule has 0 aromatic carbocycles. The van der Waals surface area contributed by atoms with Crippen molar-refractivity contribution in [3.05, 3.63) is 0 Å². The lowest BCUT2D eigenvalue weighted by Crippen LogP contribution is -2.54. The number of rotatable bonds is 3. The van der Waals surface area contributed by atoms with Crippen molar-refractivity contribution >= 4 is 0 Å². The monoisotopic (exact) mass is 281 g/mol. The first-order chi connectivity index (χ1) is 9.74. The van der Waals surface area contributed by atoms with Crippen LogP contribution in [0, 0.1) is 5.92 Å². The second-order valence-electron chi connectivity index (χ2n) is 7.05. The van der Waals surface area contributed by atoms with Crippen molar-refractivity contribution in [3.8, 4) is 0 Å². The molecule has 2 aliphatic heterocycles. The Morgan fingerprint density at radius 2 is 2.15 bits per heavy atom. The van der Waals surface area contributed by atoms with Gasteiger partial charge >= 0.3 is 0 Å². The zero-order chi connectivity index (χ0) is 13.9. The fourth-order valence-electron chi connectivity index (χ4n) is 4.28. The van der Waals surface area contributed by atoms with Crippen molar-refractivity contribution in [2.24, 2.45) is 5.92 Å². The average molecular weight is 281 g/mol. The number of nitrogens with zero attached hydrogens (tertiary/aromatic N) is 1. The molecule has 2 N–H and O–H groups in total. The van der Waals surface area contributed by atoms with Gasteiger partial charge in [0.1, 0.15) is 0 Å². The summed E-state index contributed by atoms with van der Waals surface area (Å²) in [7, 11) is 2.25. The molecule has 3 rings (SSSR count). The third kappa shape index (κ3) is 3.35. The molecule has 5 atom stereocenters. The molecule has 116 valence electrons. The maximum atomic E-state index is 5.67. The molecule has 0 amide bonds. The Morgan fingerprint density at radius 1 is 1.25 bits per heavy atom. The molecule has 5 unspecified atom stereocenters. The second kappa shape index (κ2) is 6.73. The van der Waals surface area contributed by atoms with Crippen molar-refractivity contribution < 1.29 is 4.74 Å². The van der Waals surface area contributed by atoms with Gasteiger partial charge in [-0.3, -0.25) is 0 Å². The quantitative estimate of drug-likeness (QED) is 0.815. The summed E-state index contributed by atoms with van der Waals surface area (Å²) in [5.74, 6) is 0.769. The molecule has 0 spiro atoms. The van der Waals surface area contributed by atoms with Gasteiger partial charge in [-0.15, -0.1) is 0 Å². The zero-order valence-electron chi connectivity index (χ0n) is 13.1. The second-order valence-corrected chi connectivity index (χ2v) is 7.05. The number of piperidine rings is 1. The van der Waals surface area contributed by atoms with Crippen LogP contribution < -0.4 is 10.6 Å². The Morgan fingerprint density at radius 3 is 2.90 bits per heavy atom. The average Bonchev–Trinajstić information content (AvgIpc) is 2.92. The van der Waals surface area contributed by atoms with Gasteiger partial charge in [0.05, 0.1) is 13.2 Å². The first kappa shape index (κ1) is 14.8. The predicted octanol–water partition coefficient (Wildman–Crippen LogP) is 1.22. The van der Waals surface area contributed by atoms with Crippen molar-refractivity contribution in [2.75, 3.05) is 33.4 Å². The minimum atomic E-state index is 0.576. The highest BCUT2D eigenvalue weighted by Crippen LogP contribution is 2.31. The zero-order valence-corrected chi connectivity index (χ0v) is 13.1. The van der Waals surface area contributed by atoms with Crippen LogP contribution in [-0.4, -0.2) is 62.4 Å². The fraction of sp³-hybridized carbons (Fsp3) is 1.00. The number of morpholine rings is 1. The molecule has 20 heavy (non-hydrogen) atoms. The summed E-state index contributed by atoms with van der Waals surface area (Å²) < 4.78 is 5.67. The first-order valence-corrected chi connectivity index (χ1v) is 8.51. The number of hydrogen-bond acceptors (Lipinski definition) is 4. The molecule has 1 saturated carbocycles. The van der Waals surface area contributed by atoms with Crippen molar-refractivity contribution in [1.82, 2.24) is 15.5 Å². The lowest BCUT2D eigenvalue weighted by Gasteiger charge is -2.39. The third-order valence-electron chi connectivity index (χ3n) is 5.69. The summed E-state index contributed by atoms with van der Waals surface area (Å²) in [4.78, 5) is 2.49. The summed E-state index contributed by atoms with van der Waals surface area (Å²) in [5.41, 5.74) is 0. The fourth-order valence-corrected chi connectivity index (χ4v) is 4.28. The maximum Gasteiger partial charge on any atom is 0.0623 e. The predicted molar refractivity (Wildman–Crippen MR) is 82.0 cm³/mol. The highest BCUT2D eigenvalue weighted by molar-refractivity contribution is 4.94. The van der Waals surface area contributed by atoms with Gasteiger partial charge in [-0.2, -0.15) is 0 Å². The molecule has 3 aliphatic rings. The van der Waals surface area contributed by atoms with Gasteiger partial charge in [0.15, 0.2) is 0 Å². The van der Waals surface area contributed by atoms with E-state index >= 15 is 0 Å². The van der Waals surface area contributed by atoms with Crippen LogP contribution in [0.15, 0.2) is 0 Å². The van der Waals surface area contributed by atoms with Crippen molar-refractivity contribution in [3.63, 3.8) is 0 Å². The van der Waals surface area contributed by atoms with Gasteiger partial charge < -0.3 is 20.3 Å². The van der Waals surface area contributed by atoms with E-state index in [9.17, 15) is 0 Å². The highest BCUT2D eigenvalue weighted by Gasteiger charge is 2.36. The summed E-state index contributed by atoms with van der Waals surface area (Å²) >= 11 is 0. The van der Waals surface area contributed by atoms with Crippen molar-refractivity contribution in [2.45, 2.75) is 63.2 Å². The number of ether oxygens (including phenoxy) is 1. The molecule has 4 nitrogen and oxygen atoms in total. The van der Waals surface area contributed by atoms with Crippen LogP contribution in [0.5, 0.6) is 0 Å². The van der Waals surface area contributed by atoms with Crippen LogP contribution in [-0.2, 0) is 4.74 Å². The van der Waals surface area contributed by atoms with Crippen LogP contribution in [0.25, 0.3) is 0 Å². The Kier molecular flexibility index (Phi) is 4.97. The van der Waals surface area contributed by atoms with Crippen LogP contribution in [0.2, 0.25) is 0 Å². The molecular formula is C16H31N3O. The van der Waals surface area contributed by atoms with Gasteiger partial charge in [-0.1, -0.05) is 6.42 Å². The molecule has 2 saturated heterocycles. The summed E-state index contributed by atoms with van der Waals surface area (Å²) in [5, 5.41) is 7.66. The van der Waals surface area contributed by atoms with E-state index in [1.165, 1.54) is 38.6 Å². The van der Waals surface area contributed by atoms with Gasteiger partial charge in [0, 0.05) is 30.7 Å². The Bertz CT molecular complexity index is 306. The van der Waals surface area contributed by atoms with Gasteiger partial charge in [-0.25, -0.2) is 0 Å². The van der Waals surface area contributed by atoms with Crippen LogP contribution in [0.4, 0.5) is 0 Å². The van der Waals surface area contributed by atoms with E-state index in [1.807, 2.05) is 0 Å². The molecule has 0 bridgehead atoms. The molecule has 0 aromatic rings. The molecule has 2 heterocycles. The van der Waals surface area contributed by atoms with E-state index in [2.05, 4.69) is 29.5 Å². The molecule has 4 heteroatoms. The normalized spacial score (nSPS) is 43.8. The number of likely N-dealkylation sites (tertiary alicyclic amines) is 1. The summed E-state index contributed by atoms with van der Waals surface area (Å²) in [6, 6.07) is 2.72. The number of hydrogen-bond donors (Lipinski definition) is 2. The molecular weight excluding hydrogens is 250 g/mol. The molecule has 3 fully saturated rings. The van der Waals surface area contributed by atoms with E-state index < -0.39 is 0 Å². The Balaban J connectivity index is 1.53. The molecule has 0 aromatic heterocycles. The van der Waals surface area contributed by atoms with Crippen LogP contribution in [0.3, 0.4) is 0 Å². The smallest absolute Gasteiger partial charge is 0.0623 e. The van der Waals surface area contributed by atoms with Crippen LogP contribution >= 0.6 is 0 Å². The molecule has 0 radical (unpaired) electrons. The van der Waals surface area contributed by atoms with E-state index in [1.54, 1.807) is 0 Å². The lowest BCUT2D eigenvalue weighted by atomic mass is 9.91. The third-order valence-corrected chi connectivity index (χ3v) is 5.69. The first-order valence-electron chi connectivity index (χ1n) is 8.51. The Labute approximate surface area is 123 Å². The SMILES string of the molecule is CC1CC(NC2CCCC2C2COCCN2)CCN1C. The van der Waals surface area contributed by atoms with Gasteiger partial charge in [0.25, 0.3) is 0 Å². The topological polar surface area (TPSA) is 36.5 Å². The number of nitrogens with one attached hydrogen (secondary N) is 2. The van der Waals surface area contributed by atoms with E-state index in [0.29, 0.717) is 12.1 Å². The highest BCUT2D eigenvalue weighted by atomic mass is 16.5. The van der Waals surface area contributed by atoms with Crippen LogP contribution in [0.1, 0.15) is 39.0 Å². The molecule has 1 aliphatic carbocycles. The maximum absolute atomic E-state index is 5.67. The minimum Gasteiger partial charge on any atom is -0.379 e.